The Bertz CT molecular complexity index is 581. The minimum atomic E-state index is -0.804. The monoisotopic (exact) mass is 283 g/mol. The van der Waals surface area contributed by atoms with E-state index < -0.39 is 11.9 Å². The van der Waals surface area contributed by atoms with E-state index in [1.54, 1.807) is 0 Å². The molecule has 2 N–H and O–H groups in total. The number of hydrogen-bond acceptors (Lipinski definition) is 2. The summed E-state index contributed by atoms with van der Waals surface area (Å²) in [6.45, 7) is 2.53. The molecule has 110 valence electrons. The first-order valence-corrected chi connectivity index (χ1v) is 7.32. The highest BCUT2D eigenvalue weighted by atomic mass is 16.4. The predicted molar refractivity (Wildman–Crippen MR) is 85.7 cm³/mol. The molecule has 0 heterocycles. The number of carbonyl (C=O) groups is 1. The fourth-order valence-electron chi connectivity index (χ4n) is 2.43. The molecule has 1 unspecified atom stereocenters. The van der Waals surface area contributed by atoms with Gasteiger partial charge >= 0.3 is 5.97 Å². The Morgan fingerprint density at radius 1 is 1.10 bits per heavy atom. The first-order valence-electron chi connectivity index (χ1n) is 7.32. The van der Waals surface area contributed by atoms with Crippen LogP contribution in [0.1, 0.15) is 30.4 Å². The van der Waals surface area contributed by atoms with Crippen LogP contribution in [0, 0.1) is 0 Å². The largest absolute Gasteiger partial charge is 0.481 e. The Balaban J connectivity index is 2.11. The summed E-state index contributed by atoms with van der Waals surface area (Å²) in [6, 6.07) is 17.4. The van der Waals surface area contributed by atoms with Crippen LogP contribution in [0.15, 0.2) is 54.6 Å². The van der Waals surface area contributed by atoms with Crippen molar-refractivity contribution in [2.75, 3.05) is 11.9 Å². The van der Waals surface area contributed by atoms with E-state index >= 15 is 0 Å². The van der Waals surface area contributed by atoms with Crippen LogP contribution in [0.2, 0.25) is 0 Å². The lowest BCUT2D eigenvalue weighted by atomic mass is 9.99. The third-order valence-corrected chi connectivity index (χ3v) is 3.53. The SMILES string of the molecule is CCCc1ccccc1NCC(C(=O)O)c1ccccc1. The topological polar surface area (TPSA) is 49.3 Å². The Labute approximate surface area is 125 Å². The third kappa shape index (κ3) is 4.09. The van der Waals surface area contributed by atoms with Gasteiger partial charge in [-0.2, -0.15) is 0 Å². The van der Waals surface area contributed by atoms with Crippen molar-refractivity contribution in [3.8, 4) is 0 Å². The molecule has 1 atom stereocenters. The lowest BCUT2D eigenvalue weighted by Gasteiger charge is -2.16. The number of para-hydroxylation sites is 1. The summed E-state index contributed by atoms with van der Waals surface area (Å²) in [4.78, 5) is 11.5. The van der Waals surface area contributed by atoms with Gasteiger partial charge < -0.3 is 10.4 Å². The molecular formula is C18H21NO2. The molecule has 21 heavy (non-hydrogen) atoms. The number of aryl methyl sites for hydroxylation is 1. The van der Waals surface area contributed by atoms with E-state index in [0.717, 1.165) is 24.1 Å². The van der Waals surface area contributed by atoms with Crippen LogP contribution in [0.4, 0.5) is 5.69 Å². The maximum Gasteiger partial charge on any atom is 0.312 e. The van der Waals surface area contributed by atoms with Crippen molar-refractivity contribution in [2.45, 2.75) is 25.7 Å². The minimum Gasteiger partial charge on any atom is -0.481 e. The number of carboxylic acids is 1. The van der Waals surface area contributed by atoms with E-state index in [1.165, 1.54) is 5.56 Å². The van der Waals surface area contributed by atoms with E-state index in [4.69, 9.17) is 0 Å². The van der Waals surface area contributed by atoms with Gasteiger partial charge in [0.1, 0.15) is 0 Å². The summed E-state index contributed by atoms with van der Waals surface area (Å²) < 4.78 is 0. The lowest BCUT2D eigenvalue weighted by molar-refractivity contribution is -0.138. The molecule has 3 heteroatoms. The zero-order valence-corrected chi connectivity index (χ0v) is 12.3. The minimum absolute atomic E-state index is 0.389. The molecule has 2 aromatic carbocycles. The normalized spacial score (nSPS) is 11.9. The predicted octanol–water partition coefficient (Wildman–Crippen LogP) is 3.92. The van der Waals surface area contributed by atoms with E-state index in [0.29, 0.717) is 6.54 Å². The van der Waals surface area contributed by atoms with E-state index in [2.05, 4.69) is 18.3 Å². The van der Waals surface area contributed by atoms with Crippen molar-refractivity contribution >= 4 is 11.7 Å². The average Bonchev–Trinajstić information content (AvgIpc) is 2.50. The fraction of sp³-hybridized carbons (Fsp3) is 0.278. The molecule has 0 saturated carbocycles. The van der Waals surface area contributed by atoms with Crippen LogP contribution in [-0.4, -0.2) is 17.6 Å². The lowest BCUT2D eigenvalue weighted by Crippen LogP contribution is -2.21. The average molecular weight is 283 g/mol. The van der Waals surface area contributed by atoms with E-state index in [-0.39, 0.29) is 0 Å². The molecule has 0 saturated heterocycles. The molecule has 0 aliphatic rings. The van der Waals surface area contributed by atoms with Gasteiger partial charge in [-0.05, 0) is 23.6 Å². The summed E-state index contributed by atoms with van der Waals surface area (Å²) in [5.41, 5.74) is 3.09. The van der Waals surface area contributed by atoms with Crippen molar-refractivity contribution < 1.29 is 9.90 Å². The zero-order chi connectivity index (χ0) is 15.1. The highest BCUT2D eigenvalue weighted by Crippen LogP contribution is 2.20. The molecule has 0 amide bonds. The fourth-order valence-corrected chi connectivity index (χ4v) is 2.43. The number of carboxylic acid groups (broad SMARTS) is 1. The van der Waals surface area contributed by atoms with Crippen molar-refractivity contribution in [2.24, 2.45) is 0 Å². The number of benzene rings is 2. The van der Waals surface area contributed by atoms with Gasteiger partial charge in [0.05, 0.1) is 5.92 Å². The highest BCUT2D eigenvalue weighted by molar-refractivity contribution is 5.77. The van der Waals surface area contributed by atoms with Gasteiger partial charge in [0.2, 0.25) is 0 Å². The number of hydrogen-bond donors (Lipinski definition) is 2. The number of nitrogens with one attached hydrogen (secondary N) is 1. The standard InChI is InChI=1S/C18H21NO2/c1-2-8-15-11-6-7-12-17(15)19-13-16(18(20)21)14-9-4-3-5-10-14/h3-7,9-12,16,19H,2,8,13H2,1H3,(H,20,21). The molecule has 0 spiro atoms. The summed E-state index contributed by atoms with van der Waals surface area (Å²) in [6.07, 6.45) is 2.06. The molecule has 2 rings (SSSR count). The molecule has 0 bridgehead atoms. The molecule has 0 aliphatic heterocycles. The quantitative estimate of drug-likeness (QED) is 0.809. The van der Waals surface area contributed by atoms with Crippen LogP contribution < -0.4 is 5.32 Å². The molecule has 3 nitrogen and oxygen atoms in total. The van der Waals surface area contributed by atoms with Gasteiger partial charge in [-0.25, -0.2) is 0 Å². The Kier molecular flexibility index (Phi) is 5.38. The van der Waals surface area contributed by atoms with Crippen molar-refractivity contribution in [3.63, 3.8) is 0 Å². The van der Waals surface area contributed by atoms with Gasteiger partial charge in [-0.3, -0.25) is 4.79 Å². The van der Waals surface area contributed by atoms with Crippen LogP contribution in [-0.2, 0) is 11.2 Å². The number of anilines is 1. The van der Waals surface area contributed by atoms with Crippen molar-refractivity contribution in [3.05, 3.63) is 65.7 Å². The summed E-state index contributed by atoms with van der Waals surface area (Å²) in [5, 5.41) is 12.7. The molecule has 0 fully saturated rings. The molecule has 0 aromatic heterocycles. The summed E-state index contributed by atoms with van der Waals surface area (Å²) in [7, 11) is 0. The van der Waals surface area contributed by atoms with Crippen molar-refractivity contribution in [1.29, 1.82) is 0 Å². The Hall–Kier alpha value is -2.29. The van der Waals surface area contributed by atoms with Crippen LogP contribution in [0.5, 0.6) is 0 Å². The smallest absolute Gasteiger partial charge is 0.312 e. The molecule has 0 radical (unpaired) electrons. The first kappa shape index (κ1) is 15.1. The second-order valence-electron chi connectivity index (χ2n) is 5.09. The maximum absolute atomic E-state index is 11.5. The second-order valence-corrected chi connectivity index (χ2v) is 5.09. The van der Waals surface area contributed by atoms with Gasteiger partial charge in [0.25, 0.3) is 0 Å². The highest BCUT2D eigenvalue weighted by Gasteiger charge is 2.19. The van der Waals surface area contributed by atoms with Gasteiger partial charge in [-0.1, -0.05) is 61.9 Å². The number of rotatable bonds is 7. The van der Waals surface area contributed by atoms with E-state index in [9.17, 15) is 9.90 Å². The zero-order valence-electron chi connectivity index (χ0n) is 12.3. The van der Waals surface area contributed by atoms with Crippen LogP contribution >= 0.6 is 0 Å². The number of aliphatic carboxylic acids is 1. The first-order chi connectivity index (χ1) is 10.2. The molecule has 2 aromatic rings. The van der Waals surface area contributed by atoms with Crippen molar-refractivity contribution in [1.82, 2.24) is 0 Å². The maximum atomic E-state index is 11.5. The van der Waals surface area contributed by atoms with Crippen LogP contribution in [0.3, 0.4) is 0 Å². The van der Waals surface area contributed by atoms with Gasteiger partial charge in [0.15, 0.2) is 0 Å². The van der Waals surface area contributed by atoms with Gasteiger partial charge in [0, 0.05) is 12.2 Å². The summed E-state index contributed by atoms with van der Waals surface area (Å²) >= 11 is 0. The second kappa shape index (κ2) is 7.48. The Morgan fingerprint density at radius 2 is 1.76 bits per heavy atom. The molecular weight excluding hydrogens is 262 g/mol. The molecule has 0 aliphatic carbocycles. The Morgan fingerprint density at radius 3 is 2.43 bits per heavy atom. The van der Waals surface area contributed by atoms with E-state index in [1.807, 2.05) is 48.5 Å². The summed E-state index contributed by atoms with van der Waals surface area (Å²) in [5.74, 6) is -1.34. The van der Waals surface area contributed by atoms with Gasteiger partial charge in [-0.15, -0.1) is 0 Å². The van der Waals surface area contributed by atoms with Crippen LogP contribution in [0.25, 0.3) is 0 Å². The third-order valence-electron chi connectivity index (χ3n) is 3.53.